The summed E-state index contributed by atoms with van der Waals surface area (Å²) in [6.45, 7) is 0. The Balaban J connectivity index is 3.33. The standard InChI is InChI=1S/C6H3BClFO2S/c7-5-2-1-4(3-6(5)9)12(8,10)11/h1-3H. The van der Waals surface area contributed by atoms with E-state index in [2.05, 4.69) is 0 Å². The summed E-state index contributed by atoms with van der Waals surface area (Å²) in [6, 6.07) is 3.06. The zero-order valence-electron chi connectivity index (χ0n) is 5.79. The van der Waals surface area contributed by atoms with Crippen LogP contribution in [0.2, 0.25) is 0 Å². The third-order valence-electron chi connectivity index (χ3n) is 1.25. The lowest BCUT2D eigenvalue weighted by Gasteiger charge is -1.98. The molecule has 0 bridgehead atoms. The van der Waals surface area contributed by atoms with Gasteiger partial charge in [-0.15, -0.1) is 0 Å². The van der Waals surface area contributed by atoms with Crippen LogP contribution in [0.5, 0.6) is 0 Å². The van der Waals surface area contributed by atoms with Gasteiger partial charge in [-0.05, 0) is 12.1 Å². The van der Waals surface area contributed by atoms with Crippen molar-refractivity contribution in [3.8, 4) is 0 Å². The number of rotatable bonds is 1. The number of benzene rings is 1. The highest BCUT2D eigenvalue weighted by atomic mass is 35.7. The average Bonchev–Trinajstić information content (AvgIpc) is 1.92. The van der Waals surface area contributed by atoms with Crippen molar-refractivity contribution in [1.29, 1.82) is 0 Å². The quantitative estimate of drug-likeness (QED) is 0.494. The van der Waals surface area contributed by atoms with Crippen LogP contribution < -0.4 is 5.46 Å². The van der Waals surface area contributed by atoms with Gasteiger partial charge in [0.1, 0.15) is 13.7 Å². The Morgan fingerprint density at radius 3 is 2.42 bits per heavy atom. The molecule has 2 nitrogen and oxygen atoms in total. The highest BCUT2D eigenvalue weighted by molar-refractivity contribution is 8.13. The summed E-state index contributed by atoms with van der Waals surface area (Å²) in [6.07, 6.45) is 0. The van der Waals surface area contributed by atoms with Gasteiger partial charge in [0.15, 0.2) is 0 Å². The third kappa shape index (κ3) is 1.98. The van der Waals surface area contributed by atoms with Gasteiger partial charge < -0.3 is 0 Å². The fraction of sp³-hybridized carbons (Fsp3) is 0. The predicted molar refractivity (Wildman–Crippen MR) is 44.8 cm³/mol. The molecule has 0 unspecified atom stereocenters. The average molecular weight is 204 g/mol. The van der Waals surface area contributed by atoms with Crippen LogP contribution in [-0.2, 0) is 9.05 Å². The summed E-state index contributed by atoms with van der Waals surface area (Å²) in [5.41, 5.74) is -0.112. The van der Waals surface area contributed by atoms with E-state index >= 15 is 0 Å². The molecule has 0 aliphatic rings. The van der Waals surface area contributed by atoms with Crippen molar-refractivity contribution >= 4 is 33.0 Å². The fourth-order valence-corrected chi connectivity index (χ4v) is 1.42. The maximum atomic E-state index is 12.7. The molecule has 0 atom stereocenters. The molecule has 0 aliphatic carbocycles. The van der Waals surface area contributed by atoms with Crippen molar-refractivity contribution < 1.29 is 12.8 Å². The molecule has 0 N–H and O–H groups in total. The van der Waals surface area contributed by atoms with E-state index in [9.17, 15) is 12.8 Å². The maximum absolute atomic E-state index is 12.7. The number of halogens is 2. The van der Waals surface area contributed by atoms with Crippen molar-refractivity contribution in [2.45, 2.75) is 4.90 Å². The monoisotopic (exact) mass is 204 g/mol. The summed E-state index contributed by atoms with van der Waals surface area (Å²) in [7, 11) is 6.20. The highest BCUT2D eigenvalue weighted by Crippen LogP contribution is 2.13. The van der Waals surface area contributed by atoms with Gasteiger partial charge in [0.2, 0.25) is 0 Å². The normalized spacial score (nSPS) is 11.5. The fourth-order valence-electron chi connectivity index (χ4n) is 0.660. The number of hydrogen-bond acceptors (Lipinski definition) is 2. The summed E-state index contributed by atoms with van der Waals surface area (Å²) >= 11 is 0. The molecule has 0 heterocycles. The summed E-state index contributed by atoms with van der Waals surface area (Å²) in [5, 5.41) is 0. The lowest BCUT2D eigenvalue weighted by molar-refractivity contribution is 0.604. The Bertz CT molecular complexity index is 404. The molecule has 0 spiro atoms. The van der Waals surface area contributed by atoms with Gasteiger partial charge in [0, 0.05) is 10.7 Å². The minimum atomic E-state index is -3.87. The Labute approximate surface area is 75.2 Å². The second kappa shape index (κ2) is 3.07. The van der Waals surface area contributed by atoms with E-state index in [0.717, 1.165) is 18.2 Å². The zero-order chi connectivity index (χ0) is 9.35. The molecule has 2 radical (unpaired) electrons. The van der Waals surface area contributed by atoms with Crippen LogP contribution in [0.1, 0.15) is 0 Å². The molecule has 1 rings (SSSR count). The van der Waals surface area contributed by atoms with Gasteiger partial charge in [-0.25, -0.2) is 12.8 Å². The van der Waals surface area contributed by atoms with Gasteiger partial charge >= 0.3 is 0 Å². The zero-order valence-corrected chi connectivity index (χ0v) is 7.36. The highest BCUT2D eigenvalue weighted by Gasteiger charge is 2.10. The molecule has 0 aromatic heterocycles. The molecular weight excluding hydrogens is 201 g/mol. The van der Waals surface area contributed by atoms with Crippen LogP contribution in [0.4, 0.5) is 4.39 Å². The molecular formula is C6H3BClFO2S. The first-order chi connectivity index (χ1) is 5.41. The topological polar surface area (TPSA) is 34.1 Å². The van der Waals surface area contributed by atoms with E-state index in [-0.39, 0.29) is 10.4 Å². The van der Waals surface area contributed by atoms with E-state index in [1.165, 1.54) is 0 Å². The Morgan fingerprint density at radius 2 is 2.00 bits per heavy atom. The van der Waals surface area contributed by atoms with Crippen LogP contribution in [0.3, 0.4) is 0 Å². The van der Waals surface area contributed by atoms with Crippen molar-refractivity contribution in [2.75, 3.05) is 0 Å². The predicted octanol–water partition coefficient (Wildman–Crippen LogP) is 0.547. The molecule has 0 amide bonds. The SMILES string of the molecule is [B]c1ccc(S(=O)(=O)Cl)cc1F. The van der Waals surface area contributed by atoms with Gasteiger partial charge in [-0.2, -0.15) is 0 Å². The molecule has 0 fully saturated rings. The first-order valence-electron chi connectivity index (χ1n) is 2.91. The van der Waals surface area contributed by atoms with E-state index in [1.54, 1.807) is 0 Å². The molecule has 6 heteroatoms. The van der Waals surface area contributed by atoms with Gasteiger partial charge in [0.05, 0.1) is 4.90 Å². The van der Waals surface area contributed by atoms with Crippen molar-refractivity contribution in [1.82, 2.24) is 0 Å². The maximum Gasteiger partial charge on any atom is 0.261 e. The van der Waals surface area contributed by atoms with Gasteiger partial charge in [0.25, 0.3) is 9.05 Å². The Kier molecular flexibility index (Phi) is 2.44. The summed E-state index contributed by atoms with van der Waals surface area (Å²) in [4.78, 5) is -0.295. The van der Waals surface area contributed by atoms with Crippen LogP contribution in [-0.4, -0.2) is 16.3 Å². The van der Waals surface area contributed by atoms with Crippen LogP contribution >= 0.6 is 10.7 Å². The van der Waals surface area contributed by atoms with Crippen molar-refractivity contribution in [2.24, 2.45) is 0 Å². The molecule has 62 valence electrons. The number of hydrogen-bond donors (Lipinski definition) is 0. The van der Waals surface area contributed by atoms with Crippen LogP contribution in [0.25, 0.3) is 0 Å². The minimum absolute atomic E-state index is 0.112. The molecule has 1 aromatic carbocycles. The summed E-state index contributed by atoms with van der Waals surface area (Å²) < 4.78 is 34.0. The first-order valence-corrected chi connectivity index (χ1v) is 5.22. The smallest absolute Gasteiger partial charge is 0.208 e. The Morgan fingerprint density at radius 1 is 1.42 bits per heavy atom. The van der Waals surface area contributed by atoms with E-state index in [0.29, 0.717) is 0 Å². The van der Waals surface area contributed by atoms with Crippen LogP contribution in [0.15, 0.2) is 23.1 Å². The van der Waals surface area contributed by atoms with Gasteiger partial charge in [-0.1, -0.05) is 11.5 Å². The summed E-state index contributed by atoms with van der Waals surface area (Å²) in [5.74, 6) is -0.795. The second-order valence-electron chi connectivity index (χ2n) is 2.12. The van der Waals surface area contributed by atoms with Gasteiger partial charge in [-0.3, -0.25) is 0 Å². The lowest BCUT2D eigenvalue weighted by Crippen LogP contribution is -2.08. The van der Waals surface area contributed by atoms with E-state index < -0.39 is 14.9 Å². The molecule has 0 saturated heterocycles. The molecule has 0 saturated carbocycles. The van der Waals surface area contributed by atoms with E-state index in [4.69, 9.17) is 18.5 Å². The van der Waals surface area contributed by atoms with Crippen LogP contribution in [0, 0.1) is 5.82 Å². The molecule has 12 heavy (non-hydrogen) atoms. The Hall–Kier alpha value is -0.545. The first kappa shape index (κ1) is 9.54. The largest absolute Gasteiger partial charge is 0.261 e. The van der Waals surface area contributed by atoms with E-state index in [1.807, 2.05) is 0 Å². The third-order valence-corrected chi connectivity index (χ3v) is 2.60. The van der Waals surface area contributed by atoms with Crippen molar-refractivity contribution in [3.63, 3.8) is 0 Å². The lowest BCUT2D eigenvalue weighted by atomic mass is 9.96. The second-order valence-corrected chi connectivity index (χ2v) is 4.69. The minimum Gasteiger partial charge on any atom is -0.208 e. The van der Waals surface area contributed by atoms with Crippen molar-refractivity contribution in [3.05, 3.63) is 24.0 Å². The molecule has 1 aromatic rings. The molecule has 0 aliphatic heterocycles.